The molecular formula is C23H28ClFN4O3SSi. The third-order valence-electron chi connectivity index (χ3n) is 6.04. The predicted octanol–water partition coefficient (Wildman–Crippen LogP) is 5.10. The highest BCUT2D eigenvalue weighted by Crippen LogP contribution is 2.43. The second-order valence-corrected chi connectivity index (χ2v) is 18.1. The molecule has 3 aromatic rings. The lowest BCUT2D eigenvalue weighted by Crippen LogP contribution is -2.43. The minimum Gasteiger partial charge on any atom is -0.360 e. The van der Waals surface area contributed by atoms with Crippen molar-refractivity contribution in [2.45, 2.75) is 50.0 Å². The van der Waals surface area contributed by atoms with Crippen molar-refractivity contribution < 1.29 is 17.5 Å². The molecule has 0 amide bonds. The van der Waals surface area contributed by atoms with Gasteiger partial charge in [-0.1, -0.05) is 43.4 Å². The summed E-state index contributed by atoms with van der Waals surface area (Å²) in [7, 11) is -5.33. The van der Waals surface area contributed by atoms with Crippen LogP contribution in [0.15, 0.2) is 60.0 Å². The molecule has 4 rings (SSSR count). The van der Waals surface area contributed by atoms with E-state index in [4.69, 9.17) is 16.3 Å². The Morgan fingerprint density at radius 1 is 1.29 bits per heavy atom. The predicted molar refractivity (Wildman–Crippen MR) is 135 cm³/mol. The highest BCUT2D eigenvalue weighted by Gasteiger charge is 2.48. The summed E-state index contributed by atoms with van der Waals surface area (Å²) in [4.78, 5) is 4.24. The van der Waals surface area contributed by atoms with Gasteiger partial charge in [0.15, 0.2) is 5.65 Å². The van der Waals surface area contributed by atoms with E-state index in [0.29, 0.717) is 22.7 Å². The zero-order chi connectivity index (χ0) is 24.7. The van der Waals surface area contributed by atoms with Crippen LogP contribution >= 0.6 is 11.6 Å². The first-order chi connectivity index (χ1) is 15.9. The summed E-state index contributed by atoms with van der Waals surface area (Å²) in [5, 5.41) is 4.95. The standard InChI is InChI=1S/C23H28ClFN4O3SSi/c1-23(33(30,31)29-11-8-17-6-5-10-26-22(17)29)9-7-18(24)14-20(23)19-15-28(27-21(19)25)16-32-12-13-34(2,3)4/h5-11,14-15,20H,12-13,16H2,1-4H3. The fourth-order valence-electron chi connectivity index (χ4n) is 3.95. The zero-order valence-corrected chi connectivity index (χ0v) is 22.1. The number of hydrogen-bond acceptors (Lipinski definition) is 5. The Labute approximate surface area is 204 Å². The smallest absolute Gasteiger partial charge is 0.250 e. The number of rotatable bonds is 8. The Balaban J connectivity index is 1.68. The number of ether oxygens (including phenoxy) is 1. The first-order valence-electron chi connectivity index (χ1n) is 11.0. The van der Waals surface area contributed by atoms with Crippen molar-refractivity contribution in [3.63, 3.8) is 0 Å². The monoisotopic (exact) mass is 522 g/mol. The zero-order valence-electron chi connectivity index (χ0n) is 19.6. The summed E-state index contributed by atoms with van der Waals surface area (Å²) in [5.74, 6) is -1.67. The number of allylic oxidation sites excluding steroid dienone is 3. The van der Waals surface area contributed by atoms with Gasteiger partial charge in [-0.05, 0) is 37.2 Å². The summed E-state index contributed by atoms with van der Waals surface area (Å²) in [6.45, 7) is 8.94. The maximum absolute atomic E-state index is 15.1. The SMILES string of the molecule is CC1(S(=O)(=O)n2ccc3cccnc32)C=CC(Cl)=CC1c1cn(COCC[Si](C)(C)C)nc1F. The first-order valence-corrected chi connectivity index (χ1v) is 16.5. The number of halogens is 2. The Morgan fingerprint density at radius 2 is 2.06 bits per heavy atom. The molecule has 11 heteroatoms. The number of aromatic nitrogens is 4. The highest BCUT2D eigenvalue weighted by molar-refractivity contribution is 7.91. The van der Waals surface area contributed by atoms with Crippen LogP contribution in [0.2, 0.25) is 25.7 Å². The van der Waals surface area contributed by atoms with Crippen LogP contribution in [0.5, 0.6) is 0 Å². The molecule has 2 unspecified atom stereocenters. The molecule has 0 aromatic carbocycles. The van der Waals surface area contributed by atoms with E-state index in [1.165, 1.54) is 35.4 Å². The summed E-state index contributed by atoms with van der Waals surface area (Å²) < 4.78 is 49.6. The normalized spacial score (nSPS) is 21.2. The van der Waals surface area contributed by atoms with Crippen molar-refractivity contribution in [1.82, 2.24) is 18.7 Å². The second-order valence-electron chi connectivity index (χ2n) is 9.84. The van der Waals surface area contributed by atoms with Gasteiger partial charge in [-0.25, -0.2) is 22.1 Å². The summed E-state index contributed by atoms with van der Waals surface area (Å²) in [6, 6.07) is 6.18. The molecule has 0 fully saturated rings. The Morgan fingerprint density at radius 3 is 2.79 bits per heavy atom. The lowest BCUT2D eigenvalue weighted by molar-refractivity contribution is 0.0773. The number of pyridine rings is 1. The van der Waals surface area contributed by atoms with Crippen LogP contribution < -0.4 is 0 Å². The van der Waals surface area contributed by atoms with E-state index in [1.54, 1.807) is 31.2 Å². The van der Waals surface area contributed by atoms with Crippen molar-refractivity contribution in [1.29, 1.82) is 0 Å². The van der Waals surface area contributed by atoms with Gasteiger partial charge in [0, 0.05) is 55.2 Å². The van der Waals surface area contributed by atoms with E-state index in [9.17, 15) is 8.42 Å². The van der Waals surface area contributed by atoms with Gasteiger partial charge in [0.25, 0.3) is 0 Å². The Hall–Kier alpha value is -2.27. The average molecular weight is 523 g/mol. The number of nitrogens with zero attached hydrogens (tertiary/aromatic N) is 4. The molecular weight excluding hydrogens is 495 g/mol. The van der Waals surface area contributed by atoms with Crippen LogP contribution in [-0.4, -0.2) is 46.6 Å². The van der Waals surface area contributed by atoms with E-state index >= 15 is 4.39 Å². The molecule has 7 nitrogen and oxygen atoms in total. The van der Waals surface area contributed by atoms with Crippen molar-refractivity contribution in [2.75, 3.05) is 6.61 Å². The molecule has 3 heterocycles. The lowest BCUT2D eigenvalue weighted by Gasteiger charge is -2.35. The van der Waals surface area contributed by atoms with Crippen molar-refractivity contribution >= 4 is 40.7 Å². The quantitative estimate of drug-likeness (QED) is 0.304. The van der Waals surface area contributed by atoms with Gasteiger partial charge in [0.2, 0.25) is 16.0 Å². The van der Waals surface area contributed by atoms with Crippen LogP contribution in [0.1, 0.15) is 18.4 Å². The highest BCUT2D eigenvalue weighted by atomic mass is 35.5. The summed E-state index contributed by atoms with van der Waals surface area (Å²) >= 11 is 6.25. The van der Waals surface area contributed by atoms with Crippen LogP contribution in [0.4, 0.5) is 4.39 Å². The third-order valence-corrected chi connectivity index (χ3v) is 10.3. The summed E-state index contributed by atoms with van der Waals surface area (Å²) in [5.41, 5.74) is 0.440. The molecule has 0 N–H and O–H groups in total. The molecule has 0 aliphatic heterocycles. The van der Waals surface area contributed by atoms with Crippen molar-refractivity contribution in [2.24, 2.45) is 0 Å². The number of fused-ring (bicyclic) bond motifs is 1. The van der Waals surface area contributed by atoms with Gasteiger partial charge in [-0.3, -0.25) is 0 Å². The molecule has 0 bridgehead atoms. The van der Waals surface area contributed by atoms with Gasteiger partial charge >= 0.3 is 0 Å². The fourth-order valence-corrected chi connectivity index (χ4v) is 6.67. The van der Waals surface area contributed by atoms with E-state index in [2.05, 4.69) is 29.7 Å². The largest absolute Gasteiger partial charge is 0.360 e. The molecule has 0 saturated heterocycles. The van der Waals surface area contributed by atoms with Gasteiger partial charge in [0.1, 0.15) is 11.5 Å². The molecule has 2 atom stereocenters. The maximum atomic E-state index is 15.1. The van der Waals surface area contributed by atoms with Crippen LogP contribution in [0.25, 0.3) is 11.0 Å². The molecule has 182 valence electrons. The van der Waals surface area contributed by atoms with Gasteiger partial charge in [0.05, 0.1) is 0 Å². The maximum Gasteiger partial charge on any atom is 0.250 e. The Kier molecular flexibility index (Phi) is 6.62. The average Bonchev–Trinajstić information content (AvgIpc) is 3.36. The van der Waals surface area contributed by atoms with Crippen LogP contribution in [0.3, 0.4) is 0 Å². The minimum atomic E-state index is -4.08. The molecule has 1 aliphatic rings. The molecule has 3 aromatic heterocycles. The van der Waals surface area contributed by atoms with Crippen molar-refractivity contribution in [3.8, 4) is 0 Å². The molecule has 1 aliphatic carbocycles. The molecule has 0 saturated carbocycles. The van der Waals surface area contributed by atoms with Crippen molar-refractivity contribution in [3.05, 3.63) is 71.6 Å². The van der Waals surface area contributed by atoms with Gasteiger partial charge in [-0.2, -0.15) is 4.39 Å². The third kappa shape index (κ3) is 4.64. The van der Waals surface area contributed by atoms with Gasteiger partial charge in [-0.15, -0.1) is 5.10 Å². The van der Waals surface area contributed by atoms with E-state index in [1.807, 2.05) is 0 Å². The topological polar surface area (TPSA) is 79.0 Å². The Bertz CT molecular complexity index is 1380. The molecule has 0 spiro atoms. The lowest BCUT2D eigenvalue weighted by atomic mass is 9.84. The first kappa shape index (κ1) is 24.8. The number of hydrogen-bond donors (Lipinski definition) is 0. The van der Waals surface area contributed by atoms with E-state index < -0.39 is 34.7 Å². The second kappa shape index (κ2) is 9.07. The summed E-state index contributed by atoms with van der Waals surface area (Å²) in [6.07, 6.45) is 9.08. The molecule has 0 radical (unpaired) electrons. The fraction of sp³-hybridized carbons (Fsp3) is 0.391. The van der Waals surface area contributed by atoms with Crippen LogP contribution in [-0.2, 0) is 21.5 Å². The van der Waals surface area contributed by atoms with E-state index in [-0.39, 0.29) is 12.3 Å². The van der Waals surface area contributed by atoms with Crippen LogP contribution in [0, 0.1) is 5.95 Å². The minimum absolute atomic E-state index is 0.0804. The van der Waals surface area contributed by atoms with Gasteiger partial charge < -0.3 is 4.74 Å². The molecule has 34 heavy (non-hydrogen) atoms. The van der Waals surface area contributed by atoms with E-state index in [0.717, 1.165) is 10.0 Å².